The van der Waals surface area contributed by atoms with E-state index in [4.69, 9.17) is 0 Å². The van der Waals surface area contributed by atoms with E-state index in [1.807, 2.05) is 0 Å². The minimum Gasteiger partial charge on any atom is -0.502 e. The molecule has 3 aromatic rings. The van der Waals surface area contributed by atoms with Crippen LogP contribution in [0.1, 0.15) is 15.9 Å². The number of aromatic nitrogens is 3. The lowest BCUT2D eigenvalue weighted by atomic mass is 10.1. The number of nitro benzene ring substituents is 1. The number of phenolic OH excluding ortho intramolecular Hbond substituents is 1. The molecule has 0 spiro atoms. The molecule has 3 rings (SSSR count). The summed E-state index contributed by atoms with van der Waals surface area (Å²) in [6.45, 7) is 0.163. The van der Waals surface area contributed by atoms with Crippen LogP contribution in [0, 0.1) is 10.1 Å². The summed E-state index contributed by atoms with van der Waals surface area (Å²) in [5.74, 6) is -0.419. The van der Waals surface area contributed by atoms with Crippen molar-refractivity contribution in [3.63, 3.8) is 0 Å². The van der Waals surface area contributed by atoms with Gasteiger partial charge < -0.3 is 10.4 Å². The molecule has 0 unspecified atom stereocenters. The van der Waals surface area contributed by atoms with Gasteiger partial charge in [-0.2, -0.15) is 5.10 Å². The molecule has 126 valence electrons. The summed E-state index contributed by atoms with van der Waals surface area (Å²) in [7, 11) is 0. The van der Waals surface area contributed by atoms with Gasteiger partial charge in [0.25, 0.3) is 5.91 Å². The first-order valence-electron chi connectivity index (χ1n) is 7.26. The summed E-state index contributed by atoms with van der Waals surface area (Å²) in [6, 6.07) is 8.75. The average Bonchev–Trinajstić information content (AvgIpc) is 3.14. The third-order valence-electron chi connectivity index (χ3n) is 3.46. The molecule has 25 heavy (non-hydrogen) atoms. The van der Waals surface area contributed by atoms with Crippen LogP contribution in [0.2, 0.25) is 0 Å². The maximum Gasteiger partial charge on any atom is 0.311 e. The van der Waals surface area contributed by atoms with E-state index in [0.29, 0.717) is 5.82 Å². The van der Waals surface area contributed by atoms with Crippen LogP contribution in [0.25, 0.3) is 5.82 Å². The molecule has 2 heterocycles. The van der Waals surface area contributed by atoms with Crippen LogP contribution in [-0.4, -0.2) is 30.7 Å². The molecule has 0 aliphatic rings. The van der Waals surface area contributed by atoms with Gasteiger partial charge in [-0.05, 0) is 24.3 Å². The normalized spacial score (nSPS) is 10.4. The number of amides is 1. The first-order chi connectivity index (χ1) is 12.1. The van der Waals surface area contributed by atoms with Gasteiger partial charge in [0.1, 0.15) is 0 Å². The molecule has 0 fully saturated rings. The van der Waals surface area contributed by atoms with Gasteiger partial charge in [0.15, 0.2) is 11.6 Å². The topological polar surface area (TPSA) is 123 Å². The third-order valence-corrected chi connectivity index (χ3v) is 3.46. The lowest BCUT2D eigenvalue weighted by molar-refractivity contribution is -0.385. The Kier molecular flexibility index (Phi) is 4.38. The van der Waals surface area contributed by atoms with E-state index < -0.39 is 22.3 Å². The summed E-state index contributed by atoms with van der Waals surface area (Å²) < 4.78 is 1.58. The second-order valence-electron chi connectivity index (χ2n) is 5.08. The number of carbonyl (C=O) groups excluding carboxylic acids is 1. The number of nitro groups is 1. The van der Waals surface area contributed by atoms with Crippen molar-refractivity contribution in [2.24, 2.45) is 0 Å². The quantitative estimate of drug-likeness (QED) is 0.540. The zero-order valence-electron chi connectivity index (χ0n) is 12.9. The monoisotopic (exact) mass is 339 g/mol. The smallest absolute Gasteiger partial charge is 0.311 e. The van der Waals surface area contributed by atoms with Crippen LogP contribution >= 0.6 is 0 Å². The molecular formula is C16H13N5O4. The molecule has 1 aromatic carbocycles. The Morgan fingerprint density at radius 1 is 1.28 bits per heavy atom. The van der Waals surface area contributed by atoms with Gasteiger partial charge in [-0.25, -0.2) is 9.67 Å². The Bertz CT molecular complexity index is 924. The molecule has 1 amide bonds. The van der Waals surface area contributed by atoms with Crippen molar-refractivity contribution in [1.82, 2.24) is 20.1 Å². The summed E-state index contributed by atoms with van der Waals surface area (Å²) in [5, 5.41) is 27.1. The highest BCUT2D eigenvalue weighted by Crippen LogP contribution is 2.26. The van der Waals surface area contributed by atoms with E-state index in [1.165, 1.54) is 6.07 Å². The molecule has 0 atom stereocenters. The molecule has 9 nitrogen and oxygen atoms in total. The number of nitrogens with one attached hydrogen (secondary N) is 1. The van der Waals surface area contributed by atoms with Gasteiger partial charge in [-0.3, -0.25) is 14.9 Å². The van der Waals surface area contributed by atoms with Crippen LogP contribution in [0.3, 0.4) is 0 Å². The van der Waals surface area contributed by atoms with E-state index in [9.17, 15) is 20.0 Å². The molecule has 9 heteroatoms. The first kappa shape index (κ1) is 16.1. The zero-order chi connectivity index (χ0) is 17.8. The number of pyridine rings is 1. The average molecular weight is 339 g/mol. The lowest BCUT2D eigenvalue weighted by Crippen LogP contribution is -2.24. The van der Waals surface area contributed by atoms with Gasteiger partial charge in [-0.1, -0.05) is 6.07 Å². The predicted molar refractivity (Wildman–Crippen MR) is 87.3 cm³/mol. The summed E-state index contributed by atoms with van der Waals surface area (Å²) in [5.41, 5.74) is 0.285. The predicted octanol–water partition coefficient (Wildman–Crippen LogP) is 1.81. The Morgan fingerprint density at radius 3 is 2.84 bits per heavy atom. The Balaban J connectivity index is 1.78. The van der Waals surface area contributed by atoms with E-state index in [0.717, 1.165) is 17.7 Å². The maximum atomic E-state index is 12.2. The van der Waals surface area contributed by atoms with Gasteiger partial charge in [0.05, 0.1) is 4.92 Å². The fraction of sp³-hybridized carbons (Fsp3) is 0.0625. The van der Waals surface area contributed by atoms with Crippen molar-refractivity contribution < 1.29 is 14.8 Å². The molecule has 0 bridgehead atoms. The lowest BCUT2D eigenvalue weighted by Gasteiger charge is -2.10. The number of nitrogens with zero attached hydrogens (tertiary/aromatic N) is 4. The number of carbonyl (C=O) groups is 1. The van der Waals surface area contributed by atoms with Crippen molar-refractivity contribution in [2.45, 2.75) is 6.54 Å². The summed E-state index contributed by atoms with van der Waals surface area (Å²) in [6.07, 6.45) is 4.97. The number of benzene rings is 1. The van der Waals surface area contributed by atoms with Gasteiger partial charge >= 0.3 is 5.69 Å². The number of rotatable bonds is 5. The van der Waals surface area contributed by atoms with Crippen LogP contribution in [-0.2, 0) is 6.54 Å². The van der Waals surface area contributed by atoms with Crippen LogP contribution in [0.4, 0.5) is 5.69 Å². The minimum atomic E-state index is -0.747. The minimum absolute atomic E-state index is 0.0778. The molecule has 0 aliphatic heterocycles. The van der Waals surface area contributed by atoms with Gasteiger partial charge in [-0.15, -0.1) is 0 Å². The van der Waals surface area contributed by atoms with Crippen molar-refractivity contribution in [3.05, 3.63) is 76.2 Å². The maximum absolute atomic E-state index is 12.2. The molecular weight excluding hydrogens is 326 g/mol. The van der Waals surface area contributed by atoms with E-state index in [1.54, 1.807) is 41.5 Å². The van der Waals surface area contributed by atoms with Gasteiger partial charge in [0, 0.05) is 42.3 Å². The van der Waals surface area contributed by atoms with Crippen molar-refractivity contribution in [2.75, 3.05) is 0 Å². The molecule has 0 aliphatic carbocycles. The highest BCUT2D eigenvalue weighted by molar-refractivity contribution is 5.95. The highest BCUT2D eigenvalue weighted by atomic mass is 16.6. The zero-order valence-corrected chi connectivity index (χ0v) is 12.9. The van der Waals surface area contributed by atoms with E-state index in [-0.39, 0.29) is 12.1 Å². The van der Waals surface area contributed by atoms with Crippen LogP contribution in [0.5, 0.6) is 5.75 Å². The second-order valence-corrected chi connectivity index (χ2v) is 5.08. The van der Waals surface area contributed by atoms with E-state index >= 15 is 0 Å². The number of hydrogen-bond donors (Lipinski definition) is 2. The highest BCUT2D eigenvalue weighted by Gasteiger charge is 2.17. The Labute approximate surface area is 141 Å². The molecule has 2 aromatic heterocycles. The summed E-state index contributed by atoms with van der Waals surface area (Å²) in [4.78, 5) is 26.6. The van der Waals surface area contributed by atoms with Gasteiger partial charge in [0.2, 0.25) is 0 Å². The first-order valence-corrected chi connectivity index (χ1v) is 7.26. The van der Waals surface area contributed by atoms with Crippen molar-refractivity contribution in [3.8, 4) is 11.6 Å². The standard InChI is InChI=1S/C16H13N5O4/c22-14-5-4-11(9-13(14)21(24)25)16(23)18-10-12-3-1-6-17-15(12)20-8-2-7-19-20/h1-9,22H,10H2,(H,18,23). The molecule has 2 N–H and O–H groups in total. The second kappa shape index (κ2) is 6.79. The van der Waals surface area contributed by atoms with Crippen LogP contribution < -0.4 is 5.32 Å². The number of aromatic hydroxyl groups is 1. The largest absolute Gasteiger partial charge is 0.502 e. The van der Waals surface area contributed by atoms with Crippen molar-refractivity contribution >= 4 is 11.6 Å². The number of phenols is 1. The fourth-order valence-corrected chi connectivity index (χ4v) is 2.26. The molecule has 0 saturated carbocycles. The summed E-state index contributed by atoms with van der Waals surface area (Å²) >= 11 is 0. The van der Waals surface area contributed by atoms with E-state index in [2.05, 4.69) is 15.4 Å². The third kappa shape index (κ3) is 3.44. The number of hydrogen-bond acceptors (Lipinski definition) is 6. The van der Waals surface area contributed by atoms with Crippen molar-refractivity contribution in [1.29, 1.82) is 0 Å². The SMILES string of the molecule is O=C(NCc1cccnc1-n1cccn1)c1ccc(O)c([N+](=O)[O-])c1. The Morgan fingerprint density at radius 2 is 2.12 bits per heavy atom. The molecule has 0 saturated heterocycles. The fourth-order valence-electron chi connectivity index (χ4n) is 2.26. The van der Waals surface area contributed by atoms with Crippen LogP contribution in [0.15, 0.2) is 55.0 Å². The molecule has 0 radical (unpaired) electrons. The Hall–Kier alpha value is -3.75.